The summed E-state index contributed by atoms with van der Waals surface area (Å²) in [7, 11) is 0. The molecule has 1 unspecified atom stereocenters. The Labute approximate surface area is 101 Å². The van der Waals surface area contributed by atoms with Gasteiger partial charge in [-0.1, -0.05) is 6.07 Å². The zero-order chi connectivity index (χ0) is 12.4. The van der Waals surface area contributed by atoms with Crippen molar-refractivity contribution in [3.8, 4) is 0 Å². The first-order chi connectivity index (χ1) is 8.10. The molecule has 0 radical (unpaired) electrons. The van der Waals surface area contributed by atoms with Gasteiger partial charge >= 0.3 is 0 Å². The van der Waals surface area contributed by atoms with E-state index >= 15 is 0 Å². The minimum absolute atomic E-state index is 0.000278. The minimum atomic E-state index is -0.0616. The molecule has 1 fully saturated rings. The monoisotopic (exact) mass is 234 g/mol. The average Bonchev–Trinajstić information content (AvgIpc) is 2.28. The maximum atomic E-state index is 11.8. The summed E-state index contributed by atoms with van der Waals surface area (Å²) in [4.78, 5) is 13.6. The molecule has 0 saturated carbocycles. The van der Waals surface area contributed by atoms with Crippen molar-refractivity contribution in [1.29, 1.82) is 0 Å². The zero-order valence-corrected chi connectivity index (χ0v) is 10.3. The number of hydrogen-bond acceptors (Lipinski definition) is 3. The normalized spacial score (nSPS) is 20.8. The van der Waals surface area contributed by atoms with E-state index in [2.05, 4.69) is 6.07 Å². The molecule has 0 aliphatic carbocycles. The second-order valence-electron chi connectivity index (χ2n) is 4.52. The number of anilines is 1. The van der Waals surface area contributed by atoms with Gasteiger partial charge in [-0.05, 0) is 37.1 Å². The lowest BCUT2D eigenvalue weighted by Gasteiger charge is -2.32. The smallest absolute Gasteiger partial charge is 0.253 e. The van der Waals surface area contributed by atoms with Crippen molar-refractivity contribution in [2.45, 2.75) is 20.0 Å². The molecule has 1 aliphatic heterocycles. The lowest BCUT2D eigenvalue weighted by Crippen LogP contribution is -2.49. The quantitative estimate of drug-likeness (QED) is 0.830. The molecule has 0 bridgehead atoms. The van der Waals surface area contributed by atoms with E-state index in [1.54, 1.807) is 4.90 Å². The standard InChI is InChI=1S/C13H18N2O2/c1-9-3-10(2)5-11(4-9)15-7-12(6-14)17-8-13(15)16/h3-5,12H,6-8,14H2,1-2H3. The molecule has 1 aromatic carbocycles. The van der Waals surface area contributed by atoms with Gasteiger partial charge in [0.25, 0.3) is 5.91 Å². The first kappa shape index (κ1) is 12.1. The van der Waals surface area contributed by atoms with Crippen LogP contribution in [0.15, 0.2) is 18.2 Å². The number of amides is 1. The molecule has 1 saturated heterocycles. The van der Waals surface area contributed by atoms with E-state index in [0.29, 0.717) is 13.1 Å². The van der Waals surface area contributed by atoms with Crippen molar-refractivity contribution in [2.24, 2.45) is 5.73 Å². The Bertz CT molecular complexity index is 411. The van der Waals surface area contributed by atoms with Crippen LogP contribution in [0.4, 0.5) is 5.69 Å². The molecule has 92 valence electrons. The fourth-order valence-electron chi connectivity index (χ4n) is 2.12. The molecule has 1 amide bonds. The molecule has 1 heterocycles. The number of ether oxygens (including phenoxy) is 1. The third-order valence-corrected chi connectivity index (χ3v) is 2.91. The SMILES string of the molecule is Cc1cc(C)cc(N2CC(CN)OCC2=O)c1. The second kappa shape index (κ2) is 4.85. The molecule has 0 aromatic heterocycles. The van der Waals surface area contributed by atoms with E-state index < -0.39 is 0 Å². The number of morpholine rings is 1. The molecule has 0 spiro atoms. The van der Waals surface area contributed by atoms with Crippen LogP contribution in [0.1, 0.15) is 11.1 Å². The molecular weight excluding hydrogens is 216 g/mol. The summed E-state index contributed by atoms with van der Waals surface area (Å²) in [5.74, 6) is -0.000278. The van der Waals surface area contributed by atoms with Gasteiger partial charge in [-0.3, -0.25) is 4.79 Å². The molecule has 4 nitrogen and oxygen atoms in total. The molecule has 4 heteroatoms. The summed E-state index contributed by atoms with van der Waals surface area (Å²) in [6, 6.07) is 6.13. The van der Waals surface area contributed by atoms with Gasteiger partial charge in [0, 0.05) is 12.2 Å². The van der Waals surface area contributed by atoms with Gasteiger partial charge in [-0.25, -0.2) is 0 Å². The highest BCUT2D eigenvalue weighted by atomic mass is 16.5. The summed E-state index contributed by atoms with van der Waals surface area (Å²) in [6.45, 7) is 5.16. The number of nitrogens with two attached hydrogens (primary N) is 1. The number of benzene rings is 1. The van der Waals surface area contributed by atoms with Gasteiger partial charge in [0.2, 0.25) is 0 Å². The van der Waals surface area contributed by atoms with Crippen LogP contribution in [0.25, 0.3) is 0 Å². The van der Waals surface area contributed by atoms with Gasteiger partial charge in [-0.2, -0.15) is 0 Å². The predicted octanol–water partition coefficient (Wildman–Crippen LogP) is 0.994. The highest BCUT2D eigenvalue weighted by Gasteiger charge is 2.26. The van der Waals surface area contributed by atoms with E-state index in [1.165, 1.54) is 0 Å². The first-order valence-electron chi connectivity index (χ1n) is 5.80. The molecule has 17 heavy (non-hydrogen) atoms. The number of aryl methyl sites for hydroxylation is 2. The third-order valence-electron chi connectivity index (χ3n) is 2.91. The van der Waals surface area contributed by atoms with Crippen LogP contribution in [-0.2, 0) is 9.53 Å². The van der Waals surface area contributed by atoms with Gasteiger partial charge in [-0.15, -0.1) is 0 Å². The number of rotatable bonds is 2. The summed E-state index contributed by atoms with van der Waals surface area (Å²) < 4.78 is 5.34. The van der Waals surface area contributed by atoms with Crippen LogP contribution in [0.3, 0.4) is 0 Å². The molecule has 1 aliphatic rings. The predicted molar refractivity (Wildman–Crippen MR) is 67.1 cm³/mol. The van der Waals surface area contributed by atoms with E-state index in [-0.39, 0.29) is 18.6 Å². The Balaban J connectivity index is 2.27. The van der Waals surface area contributed by atoms with Crippen molar-refractivity contribution in [1.82, 2.24) is 0 Å². The van der Waals surface area contributed by atoms with Crippen LogP contribution in [-0.4, -0.2) is 31.7 Å². The van der Waals surface area contributed by atoms with Crippen molar-refractivity contribution < 1.29 is 9.53 Å². The fourth-order valence-corrected chi connectivity index (χ4v) is 2.12. The summed E-state index contributed by atoms with van der Waals surface area (Å²) in [5.41, 5.74) is 8.84. The van der Waals surface area contributed by atoms with Gasteiger partial charge in [0.15, 0.2) is 0 Å². The maximum Gasteiger partial charge on any atom is 0.253 e. The number of hydrogen-bond donors (Lipinski definition) is 1. The van der Waals surface area contributed by atoms with E-state index in [0.717, 1.165) is 16.8 Å². The zero-order valence-electron chi connectivity index (χ0n) is 10.3. The largest absolute Gasteiger partial charge is 0.365 e. The van der Waals surface area contributed by atoms with Gasteiger partial charge < -0.3 is 15.4 Å². The summed E-state index contributed by atoms with van der Waals surface area (Å²) in [5, 5.41) is 0. The highest BCUT2D eigenvalue weighted by molar-refractivity contribution is 5.95. The molecule has 2 N–H and O–H groups in total. The van der Waals surface area contributed by atoms with E-state index in [9.17, 15) is 4.79 Å². The lowest BCUT2D eigenvalue weighted by molar-refractivity contribution is -0.128. The molecule has 1 atom stereocenters. The van der Waals surface area contributed by atoms with Crippen LogP contribution < -0.4 is 10.6 Å². The first-order valence-corrected chi connectivity index (χ1v) is 5.80. The summed E-state index contributed by atoms with van der Waals surface area (Å²) in [6.07, 6.45) is -0.0616. The second-order valence-corrected chi connectivity index (χ2v) is 4.52. The third kappa shape index (κ3) is 2.65. The van der Waals surface area contributed by atoms with Crippen LogP contribution >= 0.6 is 0 Å². The molecular formula is C13H18N2O2. The Hall–Kier alpha value is -1.39. The number of carbonyl (C=O) groups excluding carboxylic acids is 1. The van der Waals surface area contributed by atoms with E-state index in [4.69, 9.17) is 10.5 Å². The molecule has 2 rings (SSSR count). The Morgan fingerprint density at radius 1 is 1.35 bits per heavy atom. The van der Waals surface area contributed by atoms with Crippen LogP contribution in [0.5, 0.6) is 0 Å². The Morgan fingerprint density at radius 2 is 2.00 bits per heavy atom. The van der Waals surface area contributed by atoms with Gasteiger partial charge in [0.05, 0.1) is 12.6 Å². The van der Waals surface area contributed by atoms with Gasteiger partial charge in [0.1, 0.15) is 6.61 Å². The lowest BCUT2D eigenvalue weighted by atomic mass is 10.1. The fraction of sp³-hybridized carbons (Fsp3) is 0.462. The van der Waals surface area contributed by atoms with Crippen molar-refractivity contribution in [3.63, 3.8) is 0 Å². The van der Waals surface area contributed by atoms with Crippen molar-refractivity contribution in [2.75, 3.05) is 24.6 Å². The molecule has 1 aromatic rings. The van der Waals surface area contributed by atoms with Crippen molar-refractivity contribution in [3.05, 3.63) is 29.3 Å². The maximum absolute atomic E-state index is 11.8. The summed E-state index contributed by atoms with van der Waals surface area (Å²) >= 11 is 0. The highest BCUT2D eigenvalue weighted by Crippen LogP contribution is 2.21. The van der Waals surface area contributed by atoms with E-state index in [1.807, 2.05) is 26.0 Å². The number of nitrogens with zero attached hydrogens (tertiary/aromatic N) is 1. The topological polar surface area (TPSA) is 55.6 Å². The Morgan fingerprint density at radius 3 is 2.59 bits per heavy atom. The Kier molecular flexibility index (Phi) is 3.45. The van der Waals surface area contributed by atoms with Crippen LogP contribution in [0.2, 0.25) is 0 Å². The minimum Gasteiger partial charge on any atom is -0.365 e. The van der Waals surface area contributed by atoms with Crippen molar-refractivity contribution >= 4 is 11.6 Å². The number of carbonyl (C=O) groups is 1. The van der Waals surface area contributed by atoms with Crippen LogP contribution in [0, 0.1) is 13.8 Å². The average molecular weight is 234 g/mol.